The van der Waals surface area contributed by atoms with E-state index in [0.29, 0.717) is 0 Å². The van der Waals surface area contributed by atoms with E-state index < -0.39 is 0 Å². The fourth-order valence-corrected chi connectivity index (χ4v) is 8.08. The molecule has 0 aliphatic carbocycles. The van der Waals surface area contributed by atoms with E-state index in [2.05, 4.69) is 93.5 Å². The molecule has 0 aromatic heterocycles. The topological polar surface area (TPSA) is 25.3 Å². The van der Waals surface area contributed by atoms with E-state index >= 15 is 0 Å². The molecule has 0 radical (unpaired) electrons. The molecule has 0 spiro atoms. The Morgan fingerprint density at radius 1 is 0.480 bits per heavy atom. The number of aryl methyl sites for hydroxylation is 4. The molecule has 2 aromatic carbocycles. The summed E-state index contributed by atoms with van der Waals surface area (Å²) in [5.41, 5.74) is 28.1. The van der Waals surface area contributed by atoms with Crippen LogP contribution in [0.15, 0.2) is 35.4 Å². The summed E-state index contributed by atoms with van der Waals surface area (Å²) in [6, 6.07) is 9.56. The van der Waals surface area contributed by atoms with Gasteiger partial charge >= 0.3 is 51.9 Å². The predicted octanol–water partition coefficient (Wildman–Crippen LogP) is 15.7. The van der Waals surface area contributed by atoms with Gasteiger partial charge in [-0.25, -0.2) is 4.70 Å². The third kappa shape index (κ3) is 13.2. The molecular formula is C47H76N2Ni. The molecule has 50 heavy (non-hydrogen) atoms. The number of allylic oxidation sites excluding steroid dienone is 2. The van der Waals surface area contributed by atoms with Crippen molar-refractivity contribution in [3.63, 3.8) is 0 Å². The van der Waals surface area contributed by atoms with Crippen LogP contribution in [0.1, 0.15) is 196 Å². The number of unbranched alkanes of at least 4 members (excludes halogenated alkanes) is 7. The van der Waals surface area contributed by atoms with Gasteiger partial charge in [-0.1, -0.05) is 79.6 Å². The summed E-state index contributed by atoms with van der Waals surface area (Å²) in [6.45, 7) is 22.6. The summed E-state index contributed by atoms with van der Waals surface area (Å²) in [6.07, 6.45) is 22.7. The van der Waals surface area contributed by atoms with Crippen LogP contribution < -0.4 is 0 Å². The van der Waals surface area contributed by atoms with Gasteiger partial charge in [-0.05, 0) is 143 Å². The van der Waals surface area contributed by atoms with E-state index in [1.807, 2.05) is 14.4 Å². The van der Waals surface area contributed by atoms with Gasteiger partial charge in [-0.3, -0.25) is 0 Å². The molecule has 284 valence electrons. The zero-order valence-electron chi connectivity index (χ0n) is 34.4. The van der Waals surface area contributed by atoms with Crippen molar-refractivity contribution >= 4 is 11.4 Å². The summed E-state index contributed by atoms with van der Waals surface area (Å²) < 4.78 is 1.62. The average Bonchev–Trinajstić information content (AvgIpc) is 3.39. The first-order chi connectivity index (χ1) is 24.2. The standard InChI is InChI=1S/C41H62N2.2C3H7.Ni/c1-9-14-19-20-25-39-38(24-18-13-5)41(43(42)40(39)35-26-30(6)32(8)31(7)27-35)36-28-33(21-15-10-2)37(23-17-12-4)34(29-36)22-16-11-3;2*1-3-2;/h26-29H,9-25H2,1-8H3;2*1,3H2,2H3;. The molecule has 0 atom stereocenters. The first-order valence-electron chi connectivity index (χ1n) is 20.9. The van der Waals surface area contributed by atoms with Gasteiger partial charge in [0.2, 0.25) is 11.4 Å². The SMILES string of the molecule is CCCCCCC1=C(c2cc(C)c(C)c(C)c2)[N+](=[N-])C(c2cc(CCCC)c(CCCC)c(CCCC)c2)=C1CCCC.CC[CH2][Ni][CH2]CC. The van der Waals surface area contributed by atoms with Gasteiger partial charge in [0.25, 0.3) is 0 Å². The fourth-order valence-electron chi connectivity index (χ4n) is 7.13. The van der Waals surface area contributed by atoms with Crippen molar-refractivity contribution in [2.24, 2.45) is 0 Å². The van der Waals surface area contributed by atoms with Crippen molar-refractivity contribution < 1.29 is 19.1 Å². The van der Waals surface area contributed by atoms with E-state index in [9.17, 15) is 5.53 Å². The van der Waals surface area contributed by atoms with Gasteiger partial charge < -0.3 is 5.53 Å². The Morgan fingerprint density at radius 3 is 1.36 bits per heavy atom. The summed E-state index contributed by atoms with van der Waals surface area (Å²) in [4.78, 5) is 0. The molecule has 1 aliphatic heterocycles. The third-order valence-corrected chi connectivity index (χ3v) is 11.9. The summed E-state index contributed by atoms with van der Waals surface area (Å²) in [5, 5.41) is 2.72. The van der Waals surface area contributed by atoms with Crippen molar-refractivity contribution in [1.29, 1.82) is 0 Å². The molecule has 1 aliphatic rings. The molecule has 0 bridgehead atoms. The molecule has 0 N–H and O–H groups in total. The molecule has 0 saturated heterocycles. The zero-order valence-corrected chi connectivity index (χ0v) is 35.4. The van der Waals surface area contributed by atoms with Gasteiger partial charge in [-0.15, -0.1) is 0 Å². The summed E-state index contributed by atoms with van der Waals surface area (Å²) in [7, 11) is 0. The first-order valence-corrected chi connectivity index (χ1v) is 22.3. The van der Waals surface area contributed by atoms with Crippen molar-refractivity contribution in [3.8, 4) is 0 Å². The molecule has 3 rings (SSSR count). The summed E-state index contributed by atoms with van der Waals surface area (Å²) >= 11 is 1.90. The second-order valence-electron chi connectivity index (χ2n) is 14.7. The third-order valence-electron chi connectivity index (χ3n) is 10.2. The minimum atomic E-state index is 1.02. The van der Waals surface area contributed by atoms with E-state index in [4.69, 9.17) is 0 Å². The zero-order chi connectivity index (χ0) is 36.9. The Balaban J connectivity index is 0.00000112. The van der Waals surface area contributed by atoms with Crippen LogP contribution in [0.3, 0.4) is 0 Å². The van der Waals surface area contributed by atoms with Crippen LogP contribution in [0.4, 0.5) is 0 Å². The van der Waals surface area contributed by atoms with Crippen molar-refractivity contribution in [2.45, 2.75) is 202 Å². The molecule has 2 nitrogen and oxygen atoms in total. The fraction of sp³-hybridized carbons (Fsp3) is 0.660. The predicted molar refractivity (Wildman–Crippen MR) is 219 cm³/mol. The summed E-state index contributed by atoms with van der Waals surface area (Å²) in [5.74, 6) is 0. The second-order valence-corrected chi connectivity index (χ2v) is 16.2. The molecule has 0 fully saturated rings. The van der Waals surface area contributed by atoms with Crippen LogP contribution in [0, 0.1) is 20.8 Å². The molecule has 1 heterocycles. The van der Waals surface area contributed by atoms with E-state index in [1.54, 1.807) is 10.3 Å². The Kier molecular flexibility index (Phi) is 22.1. The quantitative estimate of drug-likeness (QED) is 0.0619. The van der Waals surface area contributed by atoms with Crippen LogP contribution in [0.5, 0.6) is 0 Å². The normalized spacial score (nSPS) is 13.1. The van der Waals surface area contributed by atoms with E-state index in [-0.39, 0.29) is 0 Å². The van der Waals surface area contributed by atoms with Gasteiger partial charge in [0.05, 0.1) is 0 Å². The molecule has 2 aromatic rings. The molecule has 0 saturated carbocycles. The Labute approximate surface area is 316 Å². The number of hydrogen-bond acceptors (Lipinski definition) is 0. The first kappa shape index (κ1) is 44.2. The Morgan fingerprint density at radius 2 is 0.900 bits per heavy atom. The number of benzene rings is 2. The molecule has 0 amide bonds. The maximum atomic E-state index is 12.3. The number of rotatable bonds is 23. The minimum absolute atomic E-state index is 1.02. The number of nitrogens with zero attached hydrogens (tertiary/aromatic N) is 2. The maximum absolute atomic E-state index is 12.3. The monoisotopic (exact) mass is 727 g/mol. The van der Waals surface area contributed by atoms with Crippen LogP contribution in [0.2, 0.25) is 10.8 Å². The molecule has 0 unspecified atom stereocenters. The van der Waals surface area contributed by atoms with Gasteiger partial charge in [0, 0.05) is 22.3 Å². The van der Waals surface area contributed by atoms with Crippen LogP contribution in [-0.2, 0) is 33.7 Å². The van der Waals surface area contributed by atoms with Crippen molar-refractivity contribution in [2.75, 3.05) is 0 Å². The van der Waals surface area contributed by atoms with E-state index in [0.717, 1.165) is 55.5 Å². The van der Waals surface area contributed by atoms with Crippen molar-refractivity contribution in [3.05, 3.63) is 85.5 Å². The Hall–Kier alpha value is -1.99. The molecule has 3 heteroatoms. The van der Waals surface area contributed by atoms with Crippen LogP contribution in [0.25, 0.3) is 16.9 Å². The van der Waals surface area contributed by atoms with Crippen LogP contribution >= 0.6 is 0 Å². The average molecular weight is 728 g/mol. The van der Waals surface area contributed by atoms with Crippen LogP contribution in [-0.4, -0.2) is 4.70 Å². The second kappa shape index (κ2) is 25.1. The number of hydrogen-bond donors (Lipinski definition) is 0. The van der Waals surface area contributed by atoms with Gasteiger partial charge in [-0.2, -0.15) is 0 Å². The van der Waals surface area contributed by atoms with Crippen molar-refractivity contribution in [1.82, 2.24) is 0 Å². The van der Waals surface area contributed by atoms with Gasteiger partial charge in [0.1, 0.15) is 0 Å². The van der Waals surface area contributed by atoms with E-state index in [1.165, 1.54) is 139 Å². The Bertz CT molecular complexity index is 1320. The van der Waals surface area contributed by atoms with Gasteiger partial charge in [0.15, 0.2) is 0 Å². The molecular weight excluding hydrogens is 651 g/mol.